The Balaban J connectivity index is 1.89. The third-order valence-corrected chi connectivity index (χ3v) is 3.80. The molecular weight excluding hydrogens is 238 g/mol. The Hall–Kier alpha value is -1.68. The van der Waals surface area contributed by atoms with Gasteiger partial charge in [-0.3, -0.25) is 4.98 Å². The Morgan fingerprint density at radius 3 is 2.68 bits per heavy atom. The van der Waals surface area contributed by atoms with Crippen molar-refractivity contribution in [1.82, 2.24) is 9.97 Å². The molecule has 1 aromatic heterocycles. The summed E-state index contributed by atoms with van der Waals surface area (Å²) in [6, 6.07) is 8.51. The van der Waals surface area contributed by atoms with Crippen LogP contribution < -0.4 is 4.90 Å². The fourth-order valence-electron chi connectivity index (χ4n) is 2.51. The molecule has 1 aliphatic rings. The molecule has 1 aliphatic carbocycles. The minimum atomic E-state index is 0.226. The van der Waals surface area contributed by atoms with Crippen LogP contribution in [0.5, 0.6) is 0 Å². The highest BCUT2D eigenvalue weighted by Gasteiger charge is 2.25. The van der Waals surface area contributed by atoms with E-state index in [2.05, 4.69) is 9.88 Å². The van der Waals surface area contributed by atoms with Gasteiger partial charge in [-0.05, 0) is 37.8 Å². The SMILES string of the molecule is OCCCN(c1cnc2ccccc2n1)C1CCC1. The van der Waals surface area contributed by atoms with Gasteiger partial charge in [-0.2, -0.15) is 0 Å². The summed E-state index contributed by atoms with van der Waals surface area (Å²) in [6.45, 7) is 1.08. The zero-order valence-electron chi connectivity index (χ0n) is 11.0. The lowest BCUT2D eigenvalue weighted by atomic mass is 9.91. The lowest BCUT2D eigenvalue weighted by Crippen LogP contribution is -2.41. The number of benzene rings is 1. The summed E-state index contributed by atoms with van der Waals surface area (Å²) < 4.78 is 0. The fourth-order valence-corrected chi connectivity index (χ4v) is 2.51. The molecule has 0 bridgehead atoms. The number of para-hydroxylation sites is 2. The predicted molar refractivity (Wildman–Crippen MR) is 76.2 cm³/mol. The molecule has 0 spiro atoms. The molecule has 4 heteroatoms. The molecule has 0 saturated heterocycles. The maximum atomic E-state index is 9.04. The van der Waals surface area contributed by atoms with Crippen molar-refractivity contribution in [2.75, 3.05) is 18.1 Å². The van der Waals surface area contributed by atoms with Gasteiger partial charge in [-0.25, -0.2) is 4.98 Å². The zero-order chi connectivity index (χ0) is 13.1. The number of rotatable bonds is 5. The Kier molecular flexibility index (Phi) is 3.60. The molecule has 0 atom stereocenters. The normalized spacial score (nSPS) is 15.4. The highest BCUT2D eigenvalue weighted by molar-refractivity contribution is 5.75. The molecule has 1 N–H and O–H groups in total. The molecule has 1 heterocycles. The van der Waals surface area contributed by atoms with E-state index in [0.29, 0.717) is 6.04 Å². The summed E-state index contributed by atoms with van der Waals surface area (Å²) in [5, 5.41) is 9.04. The molecule has 0 radical (unpaired) electrons. The van der Waals surface area contributed by atoms with Gasteiger partial charge in [-0.1, -0.05) is 12.1 Å². The van der Waals surface area contributed by atoms with Crippen LogP contribution in [-0.4, -0.2) is 34.3 Å². The average Bonchev–Trinajstić information content (AvgIpc) is 2.40. The number of aliphatic hydroxyl groups excluding tert-OH is 1. The van der Waals surface area contributed by atoms with E-state index in [9.17, 15) is 0 Å². The van der Waals surface area contributed by atoms with Gasteiger partial charge in [-0.15, -0.1) is 0 Å². The topological polar surface area (TPSA) is 49.2 Å². The molecule has 1 saturated carbocycles. The summed E-state index contributed by atoms with van der Waals surface area (Å²) in [5.74, 6) is 0.942. The van der Waals surface area contributed by atoms with E-state index in [0.717, 1.165) is 29.8 Å². The number of anilines is 1. The first-order valence-electron chi connectivity index (χ1n) is 6.98. The lowest BCUT2D eigenvalue weighted by molar-refractivity contribution is 0.282. The quantitative estimate of drug-likeness (QED) is 0.893. The van der Waals surface area contributed by atoms with Gasteiger partial charge in [0.15, 0.2) is 0 Å². The van der Waals surface area contributed by atoms with Crippen LogP contribution in [0.4, 0.5) is 5.82 Å². The van der Waals surface area contributed by atoms with E-state index in [-0.39, 0.29) is 6.61 Å². The van der Waals surface area contributed by atoms with Crippen molar-refractivity contribution >= 4 is 16.9 Å². The Bertz CT molecular complexity index is 554. The van der Waals surface area contributed by atoms with Crippen molar-refractivity contribution in [3.05, 3.63) is 30.5 Å². The molecule has 0 unspecified atom stereocenters. The second-order valence-corrected chi connectivity index (χ2v) is 5.07. The van der Waals surface area contributed by atoms with Gasteiger partial charge in [0.1, 0.15) is 5.82 Å². The second kappa shape index (κ2) is 5.53. The molecule has 19 heavy (non-hydrogen) atoms. The summed E-state index contributed by atoms with van der Waals surface area (Å²) in [6.07, 6.45) is 6.38. The van der Waals surface area contributed by atoms with Crippen LogP contribution in [0.2, 0.25) is 0 Å². The maximum Gasteiger partial charge on any atom is 0.148 e. The van der Waals surface area contributed by atoms with Gasteiger partial charge in [0, 0.05) is 19.2 Å². The van der Waals surface area contributed by atoms with Crippen molar-refractivity contribution in [2.45, 2.75) is 31.7 Å². The van der Waals surface area contributed by atoms with Crippen molar-refractivity contribution in [3.63, 3.8) is 0 Å². The second-order valence-electron chi connectivity index (χ2n) is 5.07. The molecule has 0 aliphatic heterocycles. The monoisotopic (exact) mass is 257 g/mol. The van der Waals surface area contributed by atoms with E-state index >= 15 is 0 Å². The first kappa shape index (κ1) is 12.4. The highest BCUT2D eigenvalue weighted by atomic mass is 16.3. The predicted octanol–water partition coefficient (Wildman–Crippen LogP) is 2.37. The largest absolute Gasteiger partial charge is 0.396 e. The van der Waals surface area contributed by atoms with Crippen LogP contribution in [0.3, 0.4) is 0 Å². The third kappa shape index (κ3) is 2.54. The van der Waals surface area contributed by atoms with Crippen LogP contribution >= 0.6 is 0 Å². The minimum absolute atomic E-state index is 0.226. The Morgan fingerprint density at radius 1 is 1.21 bits per heavy atom. The molecule has 4 nitrogen and oxygen atoms in total. The number of fused-ring (bicyclic) bond motifs is 1. The minimum Gasteiger partial charge on any atom is -0.396 e. The Morgan fingerprint density at radius 2 is 2.00 bits per heavy atom. The van der Waals surface area contributed by atoms with E-state index in [4.69, 9.17) is 10.1 Å². The summed E-state index contributed by atoms with van der Waals surface area (Å²) in [5.41, 5.74) is 1.87. The van der Waals surface area contributed by atoms with Gasteiger partial charge < -0.3 is 10.0 Å². The van der Waals surface area contributed by atoms with Gasteiger partial charge >= 0.3 is 0 Å². The number of hydrogen-bond acceptors (Lipinski definition) is 4. The molecule has 1 fully saturated rings. The van der Waals surface area contributed by atoms with Crippen LogP contribution in [0.15, 0.2) is 30.5 Å². The third-order valence-electron chi connectivity index (χ3n) is 3.80. The van der Waals surface area contributed by atoms with Crippen LogP contribution in [0, 0.1) is 0 Å². The number of aliphatic hydroxyl groups is 1. The fraction of sp³-hybridized carbons (Fsp3) is 0.467. The molecule has 100 valence electrons. The maximum absolute atomic E-state index is 9.04. The van der Waals surface area contributed by atoms with Gasteiger partial charge in [0.2, 0.25) is 0 Å². The summed E-state index contributed by atoms with van der Waals surface area (Å²) >= 11 is 0. The van der Waals surface area contributed by atoms with E-state index < -0.39 is 0 Å². The zero-order valence-corrected chi connectivity index (χ0v) is 11.0. The molecule has 3 rings (SSSR count). The van der Waals surface area contributed by atoms with Gasteiger partial charge in [0.25, 0.3) is 0 Å². The average molecular weight is 257 g/mol. The van der Waals surface area contributed by atoms with Crippen LogP contribution in [-0.2, 0) is 0 Å². The number of aromatic nitrogens is 2. The molecule has 2 aromatic rings. The van der Waals surface area contributed by atoms with Crippen molar-refractivity contribution in [1.29, 1.82) is 0 Å². The standard InChI is InChI=1S/C15H19N3O/c19-10-4-9-18(12-5-3-6-12)15-11-16-13-7-1-2-8-14(13)17-15/h1-2,7-8,11-12,19H,3-6,9-10H2. The lowest BCUT2D eigenvalue weighted by Gasteiger charge is -2.38. The number of nitrogens with zero attached hydrogens (tertiary/aromatic N) is 3. The Labute approximate surface area is 113 Å². The first-order valence-corrected chi connectivity index (χ1v) is 6.98. The molecule has 1 aromatic carbocycles. The molecular formula is C15H19N3O. The summed E-state index contributed by atoms with van der Waals surface area (Å²) in [7, 11) is 0. The van der Waals surface area contributed by atoms with Crippen LogP contribution in [0.1, 0.15) is 25.7 Å². The van der Waals surface area contributed by atoms with Gasteiger partial charge in [0.05, 0.1) is 17.2 Å². The van der Waals surface area contributed by atoms with Crippen LogP contribution in [0.25, 0.3) is 11.0 Å². The first-order chi connectivity index (χ1) is 9.38. The molecule has 0 amide bonds. The smallest absolute Gasteiger partial charge is 0.148 e. The number of hydrogen-bond donors (Lipinski definition) is 1. The summed E-state index contributed by atoms with van der Waals surface area (Å²) in [4.78, 5) is 11.5. The highest BCUT2D eigenvalue weighted by Crippen LogP contribution is 2.29. The van der Waals surface area contributed by atoms with Crippen molar-refractivity contribution in [3.8, 4) is 0 Å². The van der Waals surface area contributed by atoms with E-state index in [1.54, 1.807) is 0 Å². The van der Waals surface area contributed by atoms with E-state index in [1.165, 1.54) is 19.3 Å². The van der Waals surface area contributed by atoms with Crippen molar-refractivity contribution in [2.24, 2.45) is 0 Å². The van der Waals surface area contributed by atoms with Crippen molar-refractivity contribution < 1.29 is 5.11 Å². The van der Waals surface area contributed by atoms with E-state index in [1.807, 2.05) is 30.5 Å².